The van der Waals surface area contributed by atoms with Crippen LogP contribution < -0.4 is 0 Å². The Hall–Kier alpha value is -1.65. The molecule has 0 bridgehead atoms. The Morgan fingerprint density at radius 3 is 2.60 bits per heavy atom. The van der Waals surface area contributed by atoms with E-state index in [4.69, 9.17) is 16.3 Å². The van der Waals surface area contributed by atoms with Gasteiger partial charge in [0.15, 0.2) is 0 Å². The smallest absolute Gasteiger partial charge is 0.272 e. The number of nitrogens with zero attached hydrogens (tertiary/aromatic N) is 2. The predicted octanol–water partition coefficient (Wildman–Crippen LogP) is 2.67. The maximum absolute atomic E-state index is 12.6. The molecule has 0 saturated carbocycles. The van der Waals surface area contributed by atoms with Crippen molar-refractivity contribution in [2.75, 3.05) is 26.3 Å². The fraction of sp³-hybridized carbons (Fsp3) is 0.333. The molecule has 1 aliphatic rings. The third-order valence-electron chi connectivity index (χ3n) is 3.62. The number of hydrogen-bond donors (Lipinski definition) is 0. The van der Waals surface area contributed by atoms with Gasteiger partial charge in [0.25, 0.3) is 5.91 Å². The van der Waals surface area contributed by atoms with Crippen LogP contribution in [0.2, 0.25) is 5.15 Å². The van der Waals surface area contributed by atoms with Gasteiger partial charge in [0.05, 0.1) is 13.2 Å². The summed E-state index contributed by atoms with van der Waals surface area (Å²) in [6.45, 7) is 4.27. The van der Waals surface area contributed by atoms with Crippen molar-refractivity contribution in [2.24, 2.45) is 0 Å². The monoisotopic (exact) mass is 290 g/mol. The van der Waals surface area contributed by atoms with E-state index >= 15 is 0 Å². The third kappa shape index (κ3) is 2.25. The van der Waals surface area contributed by atoms with Gasteiger partial charge >= 0.3 is 0 Å². The van der Waals surface area contributed by atoms with E-state index < -0.39 is 0 Å². The van der Waals surface area contributed by atoms with Gasteiger partial charge in [0, 0.05) is 18.5 Å². The van der Waals surface area contributed by atoms with E-state index in [0.717, 1.165) is 16.3 Å². The number of pyridine rings is 1. The van der Waals surface area contributed by atoms with Gasteiger partial charge in [-0.3, -0.25) is 4.79 Å². The number of benzene rings is 1. The number of aromatic nitrogens is 1. The Morgan fingerprint density at radius 2 is 1.90 bits per heavy atom. The van der Waals surface area contributed by atoms with Gasteiger partial charge in [-0.15, -0.1) is 0 Å². The van der Waals surface area contributed by atoms with Gasteiger partial charge in [0.1, 0.15) is 10.8 Å². The zero-order chi connectivity index (χ0) is 14.1. The van der Waals surface area contributed by atoms with Crippen LogP contribution in [-0.4, -0.2) is 42.1 Å². The number of fused-ring (bicyclic) bond motifs is 1. The van der Waals surface area contributed by atoms with Crippen LogP contribution in [0.1, 0.15) is 16.1 Å². The van der Waals surface area contributed by atoms with E-state index in [1.807, 2.05) is 31.2 Å². The third-order valence-corrected chi connectivity index (χ3v) is 3.91. The van der Waals surface area contributed by atoms with Crippen molar-refractivity contribution in [1.29, 1.82) is 0 Å². The van der Waals surface area contributed by atoms with Crippen LogP contribution in [0.5, 0.6) is 0 Å². The first kappa shape index (κ1) is 13.3. The number of halogens is 1. The summed E-state index contributed by atoms with van der Waals surface area (Å²) in [6, 6.07) is 7.74. The molecular weight excluding hydrogens is 276 g/mol. The van der Waals surface area contributed by atoms with Crippen LogP contribution in [0.4, 0.5) is 0 Å². The Kier molecular flexibility index (Phi) is 3.59. The van der Waals surface area contributed by atoms with Crippen molar-refractivity contribution in [2.45, 2.75) is 6.92 Å². The molecule has 4 nitrogen and oxygen atoms in total. The number of carbonyl (C=O) groups excluding carboxylic acids is 1. The summed E-state index contributed by atoms with van der Waals surface area (Å²) in [7, 11) is 0. The van der Waals surface area contributed by atoms with E-state index in [2.05, 4.69) is 4.98 Å². The standard InChI is InChI=1S/C15H15ClN2O2/c1-10-11-4-2-3-5-12(11)14(16)17-13(10)15(19)18-6-8-20-9-7-18/h2-5H,6-9H2,1H3. The number of aryl methyl sites for hydroxylation is 1. The predicted molar refractivity (Wildman–Crippen MR) is 78.2 cm³/mol. The molecular formula is C15H15ClN2O2. The molecule has 20 heavy (non-hydrogen) atoms. The quantitative estimate of drug-likeness (QED) is 0.758. The molecule has 1 aliphatic heterocycles. The maximum Gasteiger partial charge on any atom is 0.272 e. The summed E-state index contributed by atoms with van der Waals surface area (Å²) < 4.78 is 5.27. The maximum atomic E-state index is 12.6. The summed E-state index contributed by atoms with van der Waals surface area (Å²) in [5, 5.41) is 2.23. The Bertz CT molecular complexity index is 666. The highest BCUT2D eigenvalue weighted by molar-refractivity contribution is 6.34. The molecule has 0 spiro atoms. The van der Waals surface area contributed by atoms with Crippen molar-refractivity contribution in [1.82, 2.24) is 9.88 Å². The van der Waals surface area contributed by atoms with E-state index in [9.17, 15) is 4.79 Å². The Morgan fingerprint density at radius 1 is 1.25 bits per heavy atom. The second kappa shape index (κ2) is 5.38. The summed E-state index contributed by atoms with van der Waals surface area (Å²) in [4.78, 5) is 18.6. The summed E-state index contributed by atoms with van der Waals surface area (Å²) >= 11 is 6.21. The van der Waals surface area contributed by atoms with Gasteiger partial charge in [-0.05, 0) is 17.9 Å². The number of carbonyl (C=O) groups is 1. The Labute approximate surface area is 122 Å². The topological polar surface area (TPSA) is 42.4 Å². The van der Waals surface area contributed by atoms with Crippen molar-refractivity contribution in [3.8, 4) is 0 Å². The number of hydrogen-bond acceptors (Lipinski definition) is 3. The van der Waals surface area contributed by atoms with Gasteiger partial charge in [-0.25, -0.2) is 4.98 Å². The lowest BCUT2D eigenvalue weighted by molar-refractivity contribution is 0.0298. The second-order valence-electron chi connectivity index (χ2n) is 4.83. The first-order valence-electron chi connectivity index (χ1n) is 6.60. The molecule has 5 heteroatoms. The lowest BCUT2D eigenvalue weighted by Crippen LogP contribution is -2.41. The minimum Gasteiger partial charge on any atom is -0.378 e. The van der Waals surface area contributed by atoms with Gasteiger partial charge in [-0.1, -0.05) is 35.9 Å². The molecule has 2 heterocycles. The minimum absolute atomic E-state index is 0.0709. The van der Waals surface area contributed by atoms with Crippen LogP contribution in [-0.2, 0) is 4.74 Å². The van der Waals surface area contributed by atoms with Crippen molar-refractivity contribution >= 4 is 28.3 Å². The number of amides is 1. The lowest BCUT2D eigenvalue weighted by Gasteiger charge is -2.27. The van der Waals surface area contributed by atoms with Gasteiger partial charge in [-0.2, -0.15) is 0 Å². The number of morpholine rings is 1. The molecule has 0 radical (unpaired) electrons. The fourth-order valence-corrected chi connectivity index (χ4v) is 2.73. The molecule has 0 aliphatic carbocycles. The summed E-state index contributed by atoms with van der Waals surface area (Å²) in [6.07, 6.45) is 0. The van der Waals surface area contributed by atoms with Crippen molar-refractivity contribution < 1.29 is 9.53 Å². The first-order chi connectivity index (χ1) is 9.68. The van der Waals surface area contributed by atoms with Crippen molar-refractivity contribution in [3.05, 3.63) is 40.7 Å². The number of ether oxygens (including phenoxy) is 1. The molecule has 0 atom stereocenters. The minimum atomic E-state index is -0.0709. The van der Waals surface area contributed by atoms with E-state index in [1.165, 1.54) is 0 Å². The largest absolute Gasteiger partial charge is 0.378 e. The van der Waals surface area contributed by atoms with E-state index in [0.29, 0.717) is 37.2 Å². The summed E-state index contributed by atoms with van der Waals surface area (Å²) in [5.41, 5.74) is 1.32. The molecule has 1 aromatic heterocycles. The van der Waals surface area contributed by atoms with E-state index in [-0.39, 0.29) is 5.91 Å². The average molecular weight is 291 g/mol. The lowest BCUT2D eigenvalue weighted by atomic mass is 10.0. The van der Waals surface area contributed by atoms with Crippen LogP contribution >= 0.6 is 11.6 Å². The first-order valence-corrected chi connectivity index (χ1v) is 6.98. The Balaban J connectivity index is 2.07. The highest BCUT2D eigenvalue weighted by atomic mass is 35.5. The molecule has 104 valence electrons. The normalized spacial score (nSPS) is 15.6. The second-order valence-corrected chi connectivity index (χ2v) is 5.18. The molecule has 3 rings (SSSR count). The average Bonchev–Trinajstić information content (AvgIpc) is 2.51. The van der Waals surface area contributed by atoms with Gasteiger partial charge in [0.2, 0.25) is 0 Å². The molecule has 0 unspecified atom stereocenters. The van der Waals surface area contributed by atoms with Crippen LogP contribution in [0, 0.1) is 6.92 Å². The van der Waals surface area contributed by atoms with Crippen LogP contribution in [0.25, 0.3) is 10.8 Å². The zero-order valence-electron chi connectivity index (χ0n) is 11.2. The SMILES string of the molecule is Cc1c(C(=O)N2CCOCC2)nc(Cl)c2ccccc12. The fourth-order valence-electron chi connectivity index (χ4n) is 2.48. The number of rotatable bonds is 1. The molecule has 2 aromatic rings. The van der Waals surface area contributed by atoms with E-state index in [1.54, 1.807) is 4.90 Å². The summed E-state index contributed by atoms with van der Waals surface area (Å²) in [5.74, 6) is -0.0709. The van der Waals surface area contributed by atoms with Gasteiger partial charge < -0.3 is 9.64 Å². The van der Waals surface area contributed by atoms with Crippen LogP contribution in [0.3, 0.4) is 0 Å². The zero-order valence-corrected chi connectivity index (χ0v) is 12.0. The molecule has 1 aromatic carbocycles. The highest BCUT2D eigenvalue weighted by Gasteiger charge is 2.23. The molecule has 1 saturated heterocycles. The molecule has 1 amide bonds. The molecule has 0 N–H and O–H groups in total. The van der Waals surface area contributed by atoms with Crippen LogP contribution in [0.15, 0.2) is 24.3 Å². The molecule has 1 fully saturated rings. The van der Waals surface area contributed by atoms with Crippen molar-refractivity contribution in [3.63, 3.8) is 0 Å². The highest BCUT2D eigenvalue weighted by Crippen LogP contribution is 2.27.